The zero-order valence-electron chi connectivity index (χ0n) is 8.67. The smallest absolute Gasteiger partial charge is 0.124 e. The lowest BCUT2D eigenvalue weighted by molar-refractivity contribution is 0.463. The molecule has 0 radical (unpaired) electrons. The van der Waals surface area contributed by atoms with Crippen LogP contribution in [0, 0.1) is 0 Å². The Hall–Kier alpha value is -1.51. The van der Waals surface area contributed by atoms with Crippen LogP contribution in [0.15, 0.2) is 47.4 Å². The lowest BCUT2D eigenvalue weighted by Crippen LogP contribution is -1.97. The van der Waals surface area contributed by atoms with E-state index in [1.54, 1.807) is 18.2 Å². The van der Waals surface area contributed by atoms with Crippen LogP contribution in [0.2, 0.25) is 0 Å². The topological polar surface area (TPSA) is 152 Å². The molecule has 0 saturated carbocycles. The predicted molar refractivity (Wildman–Crippen MR) is 62.8 cm³/mol. The molecule has 2 aromatic carbocycles. The van der Waals surface area contributed by atoms with Crippen molar-refractivity contribution >= 4 is 20.9 Å². The van der Waals surface area contributed by atoms with Gasteiger partial charge in [0, 0.05) is 0 Å². The standard InChI is InChI=1S/C10H8O3S.3H2O/c11-14(12,13)10-6-5-8-3-1-2-4-9(8)7-10;;;/h1-7H,(H,11,12,13);3*1H2/p-1. The van der Waals surface area contributed by atoms with Crippen molar-refractivity contribution in [2.45, 2.75) is 4.90 Å². The Morgan fingerprint density at radius 3 is 1.88 bits per heavy atom. The van der Waals surface area contributed by atoms with Crippen molar-refractivity contribution in [2.24, 2.45) is 0 Å². The summed E-state index contributed by atoms with van der Waals surface area (Å²) in [5.41, 5.74) is 0. The summed E-state index contributed by atoms with van der Waals surface area (Å²) in [4.78, 5) is -0.184. The molecule has 17 heavy (non-hydrogen) atoms. The molecule has 6 N–H and O–H groups in total. The van der Waals surface area contributed by atoms with Crippen LogP contribution in [-0.4, -0.2) is 29.4 Å². The van der Waals surface area contributed by atoms with Crippen molar-refractivity contribution in [2.75, 3.05) is 0 Å². The van der Waals surface area contributed by atoms with Crippen LogP contribution in [0.1, 0.15) is 0 Å². The molecule has 7 heteroatoms. The fourth-order valence-corrected chi connectivity index (χ4v) is 1.83. The molecule has 0 spiro atoms. The number of fused-ring (bicyclic) bond motifs is 1. The molecule has 0 atom stereocenters. The zero-order chi connectivity index (χ0) is 10.2. The summed E-state index contributed by atoms with van der Waals surface area (Å²) in [5.74, 6) is 0. The van der Waals surface area contributed by atoms with Crippen LogP contribution in [0.25, 0.3) is 10.8 Å². The van der Waals surface area contributed by atoms with Gasteiger partial charge in [-0.05, 0) is 22.9 Å². The molecular formula is C10H13O6S-. The third-order valence-electron chi connectivity index (χ3n) is 2.01. The first-order chi connectivity index (χ1) is 6.57. The average molecular weight is 261 g/mol. The van der Waals surface area contributed by atoms with E-state index in [1.165, 1.54) is 12.1 Å². The van der Waals surface area contributed by atoms with Crippen molar-refractivity contribution in [3.8, 4) is 0 Å². The highest BCUT2D eigenvalue weighted by atomic mass is 32.2. The Labute approximate surface area is 98.2 Å². The maximum Gasteiger partial charge on any atom is 0.124 e. The van der Waals surface area contributed by atoms with Crippen molar-refractivity contribution in [1.82, 2.24) is 0 Å². The van der Waals surface area contributed by atoms with Gasteiger partial charge in [0.05, 0.1) is 4.90 Å². The number of hydrogen-bond donors (Lipinski definition) is 0. The van der Waals surface area contributed by atoms with E-state index in [4.69, 9.17) is 0 Å². The molecule has 6 nitrogen and oxygen atoms in total. The van der Waals surface area contributed by atoms with Gasteiger partial charge < -0.3 is 21.0 Å². The number of hydrogen-bond acceptors (Lipinski definition) is 3. The first-order valence-corrected chi connectivity index (χ1v) is 5.43. The fraction of sp³-hybridized carbons (Fsp3) is 0. The van der Waals surface area contributed by atoms with Crippen LogP contribution in [0.5, 0.6) is 0 Å². The Bertz CT molecular complexity index is 578. The second-order valence-corrected chi connectivity index (χ2v) is 4.34. The molecule has 0 aliphatic rings. The molecule has 0 unspecified atom stereocenters. The first kappa shape index (κ1) is 17.9. The summed E-state index contributed by atoms with van der Waals surface area (Å²) in [6.45, 7) is 0. The van der Waals surface area contributed by atoms with E-state index in [0.717, 1.165) is 10.8 Å². The van der Waals surface area contributed by atoms with E-state index < -0.39 is 10.1 Å². The van der Waals surface area contributed by atoms with Gasteiger partial charge in [0.15, 0.2) is 0 Å². The van der Waals surface area contributed by atoms with Crippen LogP contribution in [0.3, 0.4) is 0 Å². The molecule has 2 aromatic rings. The van der Waals surface area contributed by atoms with E-state index in [1.807, 2.05) is 12.1 Å². The van der Waals surface area contributed by atoms with Gasteiger partial charge >= 0.3 is 0 Å². The molecule has 0 fully saturated rings. The van der Waals surface area contributed by atoms with Gasteiger partial charge in [0.2, 0.25) is 0 Å². The molecule has 0 aromatic heterocycles. The molecular weight excluding hydrogens is 248 g/mol. The van der Waals surface area contributed by atoms with Gasteiger partial charge in [-0.2, -0.15) is 0 Å². The molecule has 0 heterocycles. The van der Waals surface area contributed by atoms with Gasteiger partial charge in [-0.3, -0.25) is 0 Å². The minimum absolute atomic E-state index is 0. The minimum atomic E-state index is -4.34. The SMILES string of the molecule is O.O.O.O=S(=O)([O-])c1ccc2ccccc2c1. The molecule has 0 bridgehead atoms. The molecule has 0 aliphatic carbocycles. The zero-order valence-corrected chi connectivity index (χ0v) is 9.49. The average Bonchev–Trinajstić information content (AvgIpc) is 2.16. The van der Waals surface area contributed by atoms with E-state index in [2.05, 4.69) is 0 Å². The van der Waals surface area contributed by atoms with Crippen molar-refractivity contribution in [3.63, 3.8) is 0 Å². The summed E-state index contributed by atoms with van der Waals surface area (Å²) in [7, 11) is -4.34. The van der Waals surface area contributed by atoms with Crippen LogP contribution in [-0.2, 0) is 10.1 Å². The highest BCUT2D eigenvalue weighted by molar-refractivity contribution is 7.85. The normalized spacial score (nSPS) is 9.71. The molecule has 0 saturated heterocycles. The first-order valence-electron chi connectivity index (χ1n) is 4.02. The number of rotatable bonds is 1. The van der Waals surface area contributed by atoms with Crippen molar-refractivity contribution in [1.29, 1.82) is 0 Å². The third kappa shape index (κ3) is 3.77. The summed E-state index contributed by atoms with van der Waals surface area (Å²) in [5, 5.41) is 1.67. The molecule has 96 valence electrons. The summed E-state index contributed by atoms with van der Waals surface area (Å²) in [6.07, 6.45) is 0. The fourth-order valence-electron chi connectivity index (χ4n) is 1.32. The van der Waals surface area contributed by atoms with Gasteiger partial charge in [0.25, 0.3) is 0 Å². The van der Waals surface area contributed by atoms with E-state index in [9.17, 15) is 13.0 Å². The molecule has 2 rings (SSSR count). The highest BCUT2D eigenvalue weighted by Gasteiger charge is 2.01. The minimum Gasteiger partial charge on any atom is -0.744 e. The predicted octanol–water partition coefficient (Wildman–Crippen LogP) is -0.730. The lowest BCUT2D eigenvalue weighted by atomic mass is 10.1. The second kappa shape index (κ2) is 6.28. The largest absolute Gasteiger partial charge is 0.744 e. The van der Waals surface area contributed by atoms with Crippen LogP contribution < -0.4 is 0 Å². The van der Waals surface area contributed by atoms with Gasteiger partial charge in [-0.1, -0.05) is 30.3 Å². The number of benzene rings is 2. The van der Waals surface area contributed by atoms with Gasteiger partial charge in [0.1, 0.15) is 10.1 Å². The van der Waals surface area contributed by atoms with Gasteiger partial charge in [-0.15, -0.1) is 0 Å². The highest BCUT2D eigenvalue weighted by Crippen LogP contribution is 2.18. The monoisotopic (exact) mass is 261 g/mol. The van der Waals surface area contributed by atoms with Crippen LogP contribution >= 0.6 is 0 Å². The lowest BCUT2D eigenvalue weighted by Gasteiger charge is -2.07. The summed E-state index contributed by atoms with van der Waals surface area (Å²) in [6, 6.07) is 11.6. The van der Waals surface area contributed by atoms with E-state index in [0.29, 0.717) is 0 Å². The van der Waals surface area contributed by atoms with E-state index in [-0.39, 0.29) is 21.3 Å². The summed E-state index contributed by atoms with van der Waals surface area (Å²) < 4.78 is 32.2. The maximum absolute atomic E-state index is 10.7. The summed E-state index contributed by atoms with van der Waals surface area (Å²) >= 11 is 0. The Kier molecular flexibility index (Phi) is 6.60. The Morgan fingerprint density at radius 2 is 1.35 bits per heavy atom. The Morgan fingerprint density at radius 1 is 0.824 bits per heavy atom. The van der Waals surface area contributed by atoms with Crippen LogP contribution in [0.4, 0.5) is 0 Å². The molecule has 0 aliphatic heterocycles. The quantitative estimate of drug-likeness (QED) is 0.622. The molecule has 0 amide bonds. The second-order valence-electron chi connectivity index (χ2n) is 2.96. The third-order valence-corrected chi connectivity index (χ3v) is 2.84. The Balaban J connectivity index is 0. The van der Waals surface area contributed by atoms with Crippen molar-refractivity contribution in [3.05, 3.63) is 42.5 Å². The van der Waals surface area contributed by atoms with E-state index >= 15 is 0 Å². The van der Waals surface area contributed by atoms with Crippen molar-refractivity contribution < 1.29 is 29.4 Å². The van der Waals surface area contributed by atoms with Gasteiger partial charge in [-0.25, -0.2) is 8.42 Å². The maximum atomic E-state index is 10.7.